The predicted octanol–water partition coefficient (Wildman–Crippen LogP) is 1.03. The van der Waals surface area contributed by atoms with Gasteiger partial charge in [0.05, 0.1) is 6.21 Å². The van der Waals surface area contributed by atoms with Crippen LogP contribution in [0.4, 0.5) is 4.39 Å². The van der Waals surface area contributed by atoms with E-state index in [0.29, 0.717) is 5.56 Å². The lowest BCUT2D eigenvalue weighted by atomic mass is 10.3. The van der Waals surface area contributed by atoms with Crippen molar-refractivity contribution in [3.8, 4) is 0 Å². The summed E-state index contributed by atoms with van der Waals surface area (Å²) < 4.78 is 12.2. The first kappa shape index (κ1) is 6.67. The summed E-state index contributed by atoms with van der Waals surface area (Å²) >= 11 is 0. The summed E-state index contributed by atoms with van der Waals surface area (Å²) in [6.07, 6.45) is 2.43. The molecule has 52 valence electrons. The molecule has 0 saturated carbocycles. The minimum atomic E-state index is -0.586. The van der Waals surface area contributed by atoms with Gasteiger partial charge < -0.3 is 5.21 Å². The van der Waals surface area contributed by atoms with E-state index in [0.717, 1.165) is 6.21 Å². The average molecular weight is 140 g/mol. The molecule has 0 aliphatic rings. The predicted molar refractivity (Wildman–Crippen MR) is 33.6 cm³/mol. The highest BCUT2D eigenvalue weighted by molar-refractivity contribution is 5.78. The molecule has 4 heteroatoms. The largest absolute Gasteiger partial charge is 0.411 e. The van der Waals surface area contributed by atoms with Crippen LogP contribution in [-0.2, 0) is 0 Å². The molecule has 0 aliphatic carbocycles. The van der Waals surface area contributed by atoms with Gasteiger partial charge in [0.1, 0.15) is 0 Å². The van der Waals surface area contributed by atoms with Crippen LogP contribution in [-0.4, -0.2) is 16.4 Å². The van der Waals surface area contributed by atoms with Gasteiger partial charge in [-0.25, -0.2) is 4.98 Å². The van der Waals surface area contributed by atoms with Crippen LogP contribution in [0.5, 0.6) is 0 Å². The van der Waals surface area contributed by atoms with Gasteiger partial charge in [-0.1, -0.05) is 5.16 Å². The zero-order chi connectivity index (χ0) is 7.40. The molecular weight excluding hydrogens is 135 g/mol. The van der Waals surface area contributed by atoms with Crippen molar-refractivity contribution < 1.29 is 9.60 Å². The van der Waals surface area contributed by atoms with E-state index in [9.17, 15) is 4.39 Å². The Kier molecular flexibility index (Phi) is 1.94. The van der Waals surface area contributed by atoms with Gasteiger partial charge in [-0.3, -0.25) is 0 Å². The van der Waals surface area contributed by atoms with Gasteiger partial charge in [-0.2, -0.15) is 4.39 Å². The van der Waals surface area contributed by atoms with Crippen molar-refractivity contribution >= 4 is 6.21 Å². The molecule has 0 aromatic carbocycles. The minimum Gasteiger partial charge on any atom is -0.411 e. The Bertz CT molecular complexity index is 249. The van der Waals surface area contributed by atoms with Gasteiger partial charge in [-0.05, 0) is 6.07 Å². The van der Waals surface area contributed by atoms with Gasteiger partial charge in [-0.15, -0.1) is 0 Å². The first-order valence-corrected chi connectivity index (χ1v) is 2.62. The lowest BCUT2D eigenvalue weighted by Gasteiger charge is -1.88. The number of halogens is 1. The number of nitrogens with zero attached hydrogens (tertiary/aromatic N) is 2. The Labute approximate surface area is 56.8 Å². The Morgan fingerprint density at radius 3 is 3.10 bits per heavy atom. The van der Waals surface area contributed by atoms with Crippen molar-refractivity contribution in [1.82, 2.24) is 4.98 Å². The summed E-state index contributed by atoms with van der Waals surface area (Å²) in [5.41, 5.74) is 0.481. The Balaban J connectivity index is 2.95. The molecule has 0 fully saturated rings. The maximum absolute atomic E-state index is 12.2. The van der Waals surface area contributed by atoms with Crippen molar-refractivity contribution in [3.63, 3.8) is 0 Å². The van der Waals surface area contributed by atoms with E-state index in [1.165, 1.54) is 18.3 Å². The second-order valence-electron chi connectivity index (χ2n) is 1.66. The highest BCUT2D eigenvalue weighted by Crippen LogP contribution is 1.95. The fraction of sp³-hybridized carbons (Fsp3) is 0. The van der Waals surface area contributed by atoms with Gasteiger partial charge in [0.15, 0.2) is 0 Å². The molecule has 0 amide bonds. The topological polar surface area (TPSA) is 45.5 Å². The second kappa shape index (κ2) is 2.91. The Morgan fingerprint density at radius 1 is 1.70 bits per heavy atom. The second-order valence-corrected chi connectivity index (χ2v) is 1.66. The monoisotopic (exact) mass is 140 g/mol. The molecule has 1 N–H and O–H groups in total. The Hall–Kier alpha value is -1.45. The van der Waals surface area contributed by atoms with Crippen LogP contribution in [0.15, 0.2) is 23.5 Å². The molecule has 0 spiro atoms. The number of hydrogen-bond donors (Lipinski definition) is 1. The van der Waals surface area contributed by atoms with Crippen molar-refractivity contribution in [2.45, 2.75) is 0 Å². The molecular formula is C6H5FN2O. The SMILES string of the molecule is ON=Cc1ccnc(F)c1. The third kappa shape index (κ3) is 1.51. The van der Waals surface area contributed by atoms with E-state index in [-0.39, 0.29) is 0 Å². The molecule has 0 saturated heterocycles. The maximum atomic E-state index is 12.2. The van der Waals surface area contributed by atoms with Crippen LogP contribution in [0.3, 0.4) is 0 Å². The summed E-state index contributed by atoms with van der Waals surface area (Å²) in [5.74, 6) is -0.586. The summed E-state index contributed by atoms with van der Waals surface area (Å²) in [7, 11) is 0. The van der Waals surface area contributed by atoms with Gasteiger partial charge in [0.25, 0.3) is 0 Å². The molecule has 1 heterocycles. The van der Waals surface area contributed by atoms with Gasteiger partial charge in [0.2, 0.25) is 5.95 Å². The fourth-order valence-electron chi connectivity index (χ4n) is 0.564. The van der Waals surface area contributed by atoms with Crippen molar-refractivity contribution in [2.75, 3.05) is 0 Å². The summed E-state index contributed by atoms with van der Waals surface area (Å²) in [4.78, 5) is 3.31. The maximum Gasteiger partial charge on any atom is 0.213 e. The fourth-order valence-corrected chi connectivity index (χ4v) is 0.564. The van der Waals surface area contributed by atoms with E-state index < -0.39 is 5.95 Å². The molecule has 1 rings (SSSR count). The lowest BCUT2D eigenvalue weighted by Crippen LogP contribution is -1.85. The molecule has 3 nitrogen and oxygen atoms in total. The van der Waals surface area contributed by atoms with Gasteiger partial charge in [0, 0.05) is 17.8 Å². The van der Waals surface area contributed by atoms with Crippen LogP contribution < -0.4 is 0 Å². The van der Waals surface area contributed by atoms with E-state index in [1.807, 2.05) is 0 Å². The molecule has 0 atom stereocenters. The minimum absolute atomic E-state index is 0.481. The molecule has 10 heavy (non-hydrogen) atoms. The van der Waals surface area contributed by atoms with E-state index >= 15 is 0 Å². The molecule has 1 aromatic rings. The number of aromatic nitrogens is 1. The number of pyridine rings is 1. The zero-order valence-corrected chi connectivity index (χ0v) is 5.03. The third-order valence-electron chi connectivity index (χ3n) is 0.957. The van der Waals surface area contributed by atoms with Gasteiger partial charge >= 0.3 is 0 Å². The normalized spacial score (nSPS) is 10.5. The van der Waals surface area contributed by atoms with E-state index in [1.54, 1.807) is 0 Å². The van der Waals surface area contributed by atoms with Crippen molar-refractivity contribution in [3.05, 3.63) is 29.8 Å². The summed E-state index contributed by atoms with van der Waals surface area (Å²) in [6.45, 7) is 0. The standard InChI is InChI=1S/C6H5FN2O/c7-6-3-5(4-9-10)1-2-8-6/h1-4,10H. The highest BCUT2D eigenvalue weighted by Gasteiger charge is 1.90. The molecule has 0 radical (unpaired) electrons. The first-order valence-electron chi connectivity index (χ1n) is 2.62. The van der Waals surface area contributed by atoms with Crippen molar-refractivity contribution in [2.24, 2.45) is 5.16 Å². The van der Waals surface area contributed by atoms with Crippen LogP contribution in [0.25, 0.3) is 0 Å². The third-order valence-corrected chi connectivity index (χ3v) is 0.957. The first-order chi connectivity index (χ1) is 4.83. The number of hydrogen-bond acceptors (Lipinski definition) is 3. The zero-order valence-electron chi connectivity index (χ0n) is 5.03. The number of rotatable bonds is 1. The lowest BCUT2D eigenvalue weighted by molar-refractivity contribution is 0.322. The Morgan fingerprint density at radius 2 is 2.50 bits per heavy atom. The molecule has 1 aromatic heterocycles. The van der Waals surface area contributed by atoms with Crippen LogP contribution in [0, 0.1) is 5.95 Å². The molecule has 0 unspecified atom stereocenters. The quantitative estimate of drug-likeness (QED) is 0.274. The molecule has 0 bridgehead atoms. The highest BCUT2D eigenvalue weighted by atomic mass is 19.1. The summed E-state index contributed by atoms with van der Waals surface area (Å²) in [5, 5.41) is 10.8. The number of oxime groups is 1. The van der Waals surface area contributed by atoms with E-state index in [4.69, 9.17) is 5.21 Å². The summed E-state index contributed by atoms with van der Waals surface area (Å²) in [6, 6.07) is 2.70. The van der Waals surface area contributed by atoms with Crippen LogP contribution in [0.2, 0.25) is 0 Å². The van der Waals surface area contributed by atoms with E-state index in [2.05, 4.69) is 10.1 Å². The van der Waals surface area contributed by atoms with Crippen LogP contribution in [0.1, 0.15) is 5.56 Å². The average Bonchev–Trinajstić information content (AvgIpc) is 1.88. The smallest absolute Gasteiger partial charge is 0.213 e. The van der Waals surface area contributed by atoms with Crippen LogP contribution >= 0.6 is 0 Å². The van der Waals surface area contributed by atoms with Crippen molar-refractivity contribution in [1.29, 1.82) is 0 Å². The molecule has 0 aliphatic heterocycles.